The van der Waals surface area contributed by atoms with E-state index in [-0.39, 0.29) is 9.83 Å². The van der Waals surface area contributed by atoms with Crippen LogP contribution in [0.3, 0.4) is 0 Å². The lowest BCUT2D eigenvalue weighted by Crippen LogP contribution is -2.15. The van der Waals surface area contributed by atoms with Crippen LogP contribution in [0.15, 0.2) is 48.5 Å². The molecule has 0 bridgehead atoms. The molecule has 0 saturated heterocycles. The third-order valence-electron chi connectivity index (χ3n) is 2.94. The SMILES string of the molecule is CC.CC.O=C1Nc2ccccc2-c2ccccc2C1I. The minimum Gasteiger partial charge on any atom is -0.324 e. The standard InChI is InChI=1S/C14H10INO.2C2H6/c15-13-11-7-2-1-5-9(11)10-6-3-4-8-12(10)16-14(13)17;2*1-2/h1-8,13H,(H,16,17);2*1-2H3. The van der Waals surface area contributed by atoms with Crippen molar-refractivity contribution in [3.8, 4) is 11.1 Å². The fourth-order valence-electron chi connectivity index (χ4n) is 2.13. The molecule has 2 aromatic rings. The molecule has 1 unspecified atom stereocenters. The number of hydrogen-bond donors (Lipinski definition) is 1. The molecular formula is C18H22INO. The van der Waals surface area contributed by atoms with E-state index in [1.165, 1.54) is 0 Å². The van der Waals surface area contributed by atoms with E-state index >= 15 is 0 Å². The summed E-state index contributed by atoms with van der Waals surface area (Å²) in [6.45, 7) is 8.00. The van der Waals surface area contributed by atoms with Gasteiger partial charge < -0.3 is 5.32 Å². The molecule has 0 saturated carbocycles. The highest BCUT2D eigenvalue weighted by atomic mass is 127. The molecule has 1 aliphatic heterocycles. The van der Waals surface area contributed by atoms with Gasteiger partial charge in [0, 0.05) is 11.3 Å². The first-order valence-corrected chi connectivity index (χ1v) is 8.65. The van der Waals surface area contributed by atoms with Crippen molar-refractivity contribution in [3.63, 3.8) is 0 Å². The first-order valence-electron chi connectivity index (χ1n) is 7.40. The summed E-state index contributed by atoms with van der Waals surface area (Å²) in [5.41, 5.74) is 4.20. The number of carbonyl (C=O) groups is 1. The molecule has 112 valence electrons. The Labute approximate surface area is 141 Å². The highest BCUT2D eigenvalue weighted by Crippen LogP contribution is 2.40. The molecule has 0 fully saturated rings. The molecule has 1 aliphatic rings. The van der Waals surface area contributed by atoms with E-state index in [1.54, 1.807) is 0 Å². The molecule has 2 aromatic carbocycles. The van der Waals surface area contributed by atoms with Crippen molar-refractivity contribution >= 4 is 34.2 Å². The molecule has 0 radical (unpaired) electrons. The summed E-state index contributed by atoms with van der Waals surface area (Å²) >= 11 is 2.19. The zero-order chi connectivity index (χ0) is 15.8. The predicted molar refractivity (Wildman–Crippen MR) is 100.0 cm³/mol. The van der Waals surface area contributed by atoms with Crippen molar-refractivity contribution in [2.24, 2.45) is 0 Å². The van der Waals surface area contributed by atoms with Gasteiger partial charge in [0.1, 0.15) is 3.92 Å². The second kappa shape index (κ2) is 8.82. The van der Waals surface area contributed by atoms with Crippen molar-refractivity contribution in [2.45, 2.75) is 31.6 Å². The van der Waals surface area contributed by atoms with Crippen LogP contribution in [0.2, 0.25) is 0 Å². The summed E-state index contributed by atoms with van der Waals surface area (Å²) in [6.07, 6.45) is 0. The fraction of sp³-hybridized carbons (Fsp3) is 0.278. The summed E-state index contributed by atoms with van der Waals surface area (Å²) < 4.78 is -0.142. The Morgan fingerprint density at radius 1 is 0.857 bits per heavy atom. The molecule has 21 heavy (non-hydrogen) atoms. The number of carbonyl (C=O) groups excluding carboxylic acids is 1. The lowest BCUT2D eigenvalue weighted by molar-refractivity contribution is -0.115. The lowest BCUT2D eigenvalue weighted by Gasteiger charge is -2.09. The Bertz CT molecular complexity index is 595. The Morgan fingerprint density at radius 3 is 2.05 bits per heavy atom. The van der Waals surface area contributed by atoms with Crippen LogP contribution in [0, 0.1) is 0 Å². The molecule has 1 atom stereocenters. The Morgan fingerprint density at radius 2 is 1.38 bits per heavy atom. The molecule has 0 aromatic heterocycles. The molecule has 2 nitrogen and oxygen atoms in total. The number of hydrogen-bond acceptors (Lipinski definition) is 1. The number of para-hydroxylation sites is 1. The van der Waals surface area contributed by atoms with Gasteiger partial charge in [-0.15, -0.1) is 0 Å². The maximum atomic E-state index is 12.0. The first-order chi connectivity index (χ1) is 10.3. The summed E-state index contributed by atoms with van der Waals surface area (Å²) in [6, 6.07) is 16.0. The minimum absolute atomic E-state index is 0.0444. The van der Waals surface area contributed by atoms with E-state index in [0.717, 1.165) is 22.4 Å². The fourth-order valence-corrected chi connectivity index (χ4v) is 2.83. The van der Waals surface area contributed by atoms with Crippen LogP contribution in [-0.4, -0.2) is 5.91 Å². The molecule has 1 heterocycles. The van der Waals surface area contributed by atoms with Crippen molar-refractivity contribution in [2.75, 3.05) is 5.32 Å². The van der Waals surface area contributed by atoms with E-state index < -0.39 is 0 Å². The molecule has 0 spiro atoms. The Balaban J connectivity index is 0.000000510. The van der Waals surface area contributed by atoms with Gasteiger partial charge in [-0.05, 0) is 17.2 Å². The number of anilines is 1. The Hall–Kier alpha value is -1.36. The molecular weight excluding hydrogens is 373 g/mol. The topological polar surface area (TPSA) is 29.1 Å². The van der Waals surface area contributed by atoms with Crippen LogP contribution in [0.5, 0.6) is 0 Å². The van der Waals surface area contributed by atoms with Crippen LogP contribution < -0.4 is 5.32 Å². The Kier molecular flexibility index (Phi) is 7.43. The van der Waals surface area contributed by atoms with E-state index in [4.69, 9.17) is 0 Å². The molecule has 3 heteroatoms. The van der Waals surface area contributed by atoms with Crippen LogP contribution in [0.1, 0.15) is 37.2 Å². The third kappa shape index (κ3) is 3.84. The number of amides is 1. The van der Waals surface area contributed by atoms with Gasteiger partial charge in [0.05, 0.1) is 0 Å². The highest BCUT2D eigenvalue weighted by Gasteiger charge is 2.25. The van der Waals surface area contributed by atoms with Gasteiger partial charge in [0.25, 0.3) is 0 Å². The molecule has 0 aliphatic carbocycles. The molecule has 1 amide bonds. The third-order valence-corrected chi connectivity index (χ3v) is 4.18. The normalized spacial score (nSPS) is 14.9. The molecule has 3 rings (SSSR count). The number of benzene rings is 2. The van der Waals surface area contributed by atoms with Gasteiger partial charge in [-0.2, -0.15) is 0 Å². The number of fused-ring (bicyclic) bond motifs is 3. The van der Waals surface area contributed by atoms with Crippen molar-refractivity contribution in [3.05, 3.63) is 54.1 Å². The summed E-state index contributed by atoms with van der Waals surface area (Å²) in [4.78, 5) is 12.0. The second-order valence-corrected chi connectivity index (χ2v) is 5.23. The van der Waals surface area contributed by atoms with Gasteiger partial charge >= 0.3 is 0 Å². The van der Waals surface area contributed by atoms with Crippen molar-refractivity contribution in [1.29, 1.82) is 0 Å². The van der Waals surface area contributed by atoms with Crippen LogP contribution in [0.25, 0.3) is 11.1 Å². The summed E-state index contributed by atoms with van der Waals surface area (Å²) in [7, 11) is 0. The predicted octanol–water partition coefficient (Wildman–Crippen LogP) is 5.83. The van der Waals surface area contributed by atoms with E-state index in [2.05, 4.69) is 34.0 Å². The van der Waals surface area contributed by atoms with Gasteiger partial charge in [0.15, 0.2) is 0 Å². The largest absolute Gasteiger partial charge is 0.324 e. The average Bonchev–Trinajstić information content (AvgIpc) is 2.68. The maximum Gasteiger partial charge on any atom is 0.241 e. The van der Waals surface area contributed by atoms with Crippen molar-refractivity contribution < 1.29 is 4.79 Å². The van der Waals surface area contributed by atoms with E-state index in [1.807, 2.05) is 70.2 Å². The monoisotopic (exact) mass is 395 g/mol. The van der Waals surface area contributed by atoms with Crippen molar-refractivity contribution in [1.82, 2.24) is 0 Å². The quantitative estimate of drug-likeness (QED) is 0.441. The molecule has 1 N–H and O–H groups in total. The van der Waals surface area contributed by atoms with E-state index in [9.17, 15) is 4.79 Å². The van der Waals surface area contributed by atoms with Gasteiger partial charge in [0.2, 0.25) is 5.91 Å². The maximum absolute atomic E-state index is 12.0. The average molecular weight is 395 g/mol. The second-order valence-electron chi connectivity index (χ2n) is 3.98. The number of halogens is 1. The van der Waals surface area contributed by atoms with Crippen LogP contribution in [0.4, 0.5) is 5.69 Å². The number of rotatable bonds is 0. The smallest absolute Gasteiger partial charge is 0.241 e. The lowest BCUT2D eigenvalue weighted by atomic mass is 9.98. The minimum atomic E-state index is -0.142. The summed E-state index contributed by atoms with van der Waals surface area (Å²) in [5.74, 6) is 0.0444. The number of alkyl halides is 1. The zero-order valence-electron chi connectivity index (χ0n) is 13.0. The van der Waals surface area contributed by atoms with E-state index in [0.29, 0.717) is 0 Å². The summed E-state index contributed by atoms with van der Waals surface area (Å²) in [5, 5.41) is 2.97. The van der Waals surface area contributed by atoms with Gasteiger partial charge in [-0.1, -0.05) is 92.8 Å². The van der Waals surface area contributed by atoms with Gasteiger partial charge in [-0.3, -0.25) is 4.79 Å². The zero-order valence-corrected chi connectivity index (χ0v) is 15.1. The number of nitrogens with one attached hydrogen (secondary N) is 1. The first kappa shape index (κ1) is 17.7. The van der Waals surface area contributed by atoms with Crippen LogP contribution >= 0.6 is 22.6 Å². The van der Waals surface area contributed by atoms with Gasteiger partial charge in [-0.25, -0.2) is 0 Å². The van der Waals surface area contributed by atoms with Crippen LogP contribution in [-0.2, 0) is 4.79 Å². The highest BCUT2D eigenvalue weighted by molar-refractivity contribution is 14.1.